The smallest absolute Gasteiger partial charge is 0.165 e. The summed E-state index contributed by atoms with van der Waals surface area (Å²) in [7, 11) is 0. The van der Waals surface area contributed by atoms with Crippen LogP contribution in [0.1, 0.15) is 10.6 Å². The molecule has 1 aromatic heterocycles. The predicted molar refractivity (Wildman–Crippen MR) is 60.0 cm³/mol. The van der Waals surface area contributed by atoms with Gasteiger partial charge in [-0.2, -0.15) is 0 Å². The van der Waals surface area contributed by atoms with E-state index in [1.54, 1.807) is 18.3 Å². The molecule has 0 saturated heterocycles. The van der Waals surface area contributed by atoms with Crippen molar-refractivity contribution in [2.45, 2.75) is 0 Å². The zero-order valence-corrected chi connectivity index (χ0v) is 8.66. The molecule has 0 amide bonds. The Bertz CT molecular complexity index is 491. The van der Waals surface area contributed by atoms with Gasteiger partial charge in [-0.15, -0.1) is 11.3 Å². The van der Waals surface area contributed by atoms with Gasteiger partial charge in [-0.25, -0.2) is 4.98 Å². The molecular formula is C11H9NO2S. The summed E-state index contributed by atoms with van der Waals surface area (Å²) in [6.07, 6.45) is 1.67. The molecule has 15 heavy (non-hydrogen) atoms. The molecule has 2 aromatic rings. The largest absolute Gasteiger partial charge is 0.504 e. The van der Waals surface area contributed by atoms with E-state index in [2.05, 4.69) is 11.6 Å². The first-order valence-corrected chi connectivity index (χ1v) is 5.18. The summed E-state index contributed by atoms with van der Waals surface area (Å²) >= 11 is 1.44. The summed E-state index contributed by atoms with van der Waals surface area (Å²) in [5.41, 5.74) is 1.11. The molecular weight excluding hydrogens is 210 g/mol. The van der Waals surface area contributed by atoms with Crippen LogP contribution in [-0.2, 0) is 0 Å². The third-order valence-electron chi connectivity index (χ3n) is 2.03. The maximum atomic E-state index is 9.63. The Morgan fingerprint density at radius 3 is 2.80 bits per heavy atom. The minimum atomic E-state index is -0.155. The number of phenolic OH excluding ortho intramolecular Hbond substituents is 2. The summed E-state index contributed by atoms with van der Waals surface area (Å²) in [6.45, 7) is 3.85. The minimum absolute atomic E-state index is 0.148. The van der Waals surface area contributed by atoms with Crippen molar-refractivity contribution < 1.29 is 10.2 Å². The van der Waals surface area contributed by atoms with E-state index in [1.807, 2.05) is 5.38 Å². The molecule has 2 N–H and O–H groups in total. The van der Waals surface area contributed by atoms with Gasteiger partial charge in [0.2, 0.25) is 0 Å². The van der Waals surface area contributed by atoms with Gasteiger partial charge in [0.25, 0.3) is 0 Å². The van der Waals surface area contributed by atoms with Gasteiger partial charge in [0.1, 0.15) is 5.01 Å². The van der Waals surface area contributed by atoms with E-state index in [9.17, 15) is 10.2 Å². The van der Waals surface area contributed by atoms with Crippen LogP contribution in [0.5, 0.6) is 11.5 Å². The second-order valence-corrected chi connectivity index (χ2v) is 3.88. The van der Waals surface area contributed by atoms with Crippen LogP contribution in [-0.4, -0.2) is 15.2 Å². The van der Waals surface area contributed by atoms with Crippen molar-refractivity contribution in [3.63, 3.8) is 0 Å². The van der Waals surface area contributed by atoms with Gasteiger partial charge < -0.3 is 10.2 Å². The first-order chi connectivity index (χ1) is 7.20. The number of para-hydroxylation sites is 1. The Morgan fingerprint density at radius 1 is 1.33 bits per heavy atom. The molecule has 0 saturated carbocycles. The van der Waals surface area contributed by atoms with Crippen LogP contribution < -0.4 is 0 Å². The number of thiazole rings is 1. The lowest BCUT2D eigenvalue weighted by Crippen LogP contribution is -1.86. The van der Waals surface area contributed by atoms with Gasteiger partial charge in [-0.3, -0.25) is 0 Å². The molecule has 0 bridgehead atoms. The summed E-state index contributed by atoms with van der Waals surface area (Å²) < 4.78 is 0. The molecule has 4 heteroatoms. The molecule has 2 rings (SSSR count). The lowest BCUT2D eigenvalue weighted by molar-refractivity contribution is 0.403. The SMILES string of the molecule is C=C(c1nccs1)c1cccc(O)c1O. The summed E-state index contributed by atoms with van der Waals surface area (Å²) in [6, 6.07) is 4.77. The topological polar surface area (TPSA) is 53.4 Å². The van der Waals surface area contributed by atoms with E-state index in [4.69, 9.17) is 0 Å². The van der Waals surface area contributed by atoms with Crippen molar-refractivity contribution in [3.8, 4) is 11.5 Å². The molecule has 76 valence electrons. The normalized spacial score (nSPS) is 10.1. The summed E-state index contributed by atoms with van der Waals surface area (Å²) in [5, 5.41) is 21.5. The van der Waals surface area contributed by atoms with E-state index in [0.717, 1.165) is 5.01 Å². The predicted octanol–water partition coefficient (Wildman–Crippen LogP) is 2.62. The van der Waals surface area contributed by atoms with E-state index in [0.29, 0.717) is 11.1 Å². The van der Waals surface area contributed by atoms with Crippen LogP contribution in [0.4, 0.5) is 0 Å². The van der Waals surface area contributed by atoms with Crippen molar-refractivity contribution in [1.82, 2.24) is 4.98 Å². The number of phenols is 2. The van der Waals surface area contributed by atoms with Gasteiger partial charge in [0.05, 0.1) is 0 Å². The van der Waals surface area contributed by atoms with E-state index in [1.165, 1.54) is 17.4 Å². The fraction of sp³-hybridized carbons (Fsp3) is 0. The van der Waals surface area contributed by atoms with Crippen molar-refractivity contribution in [2.75, 3.05) is 0 Å². The van der Waals surface area contributed by atoms with E-state index in [-0.39, 0.29) is 11.5 Å². The van der Waals surface area contributed by atoms with E-state index >= 15 is 0 Å². The number of aromatic nitrogens is 1. The quantitative estimate of drug-likeness (QED) is 0.763. The molecule has 1 heterocycles. The first kappa shape index (κ1) is 9.73. The third-order valence-corrected chi connectivity index (χ3v) is 2.86. The standard InChI is InChI=1S/C11H9NO2S/c1-7(11-12-5-6-15-11)8-3-2-4-9(13)10(8)14/h2-6,13-14H,1H2. The average molecular weight is 219 g/mol. The zero-order chi connectivity index (χ0) is 10.8. The van der Waals surface area contributed by atoms with E-state index < -0.39 is 0 Å². The number of nitrogens with zero attached hydrogens (tertiary/aromatic N) is 1. The highest BCUT2D eigenvalue weighted by Crippen LogP contribution is 2.35. The molecule has 3 nitrogen and oxygen atoms in total. The van der Waals surface area contributed by atoms with Gasteiger partial charge in [0, 0.05) is 22.7 Å². The highest BCUT2D eigenvalue weighted by Gasteiger charge is 2.11. The highest BCUT2D eigenvalue weighted by molar-refractivity contribution is 7.10. The van der Waals surface area contributed by atoms with Crippen molar-refractivity contribution >= 4 is 16.9 Å². The highest BCUT2D eigenvalue weighted by atomic mass is 32.1. The molecule has 0 aliphatic heterocycles. The van der Waals surface area contributed by atoms with Crippen LogP contribution in [0.15, 0.2) is 36.4 Å². The Labute approximate surface area is 91.0 Å². The fourth-order valence-electron chi connectivity index (χ4n) is 1.26. The first-order valence-electron chi connectivity index (χ1n) is 4.30. The monoisotopic (exact) mass is 219 g/mol. The minimum Gasteiger partial charge on any atom is -0.504 e. The third kappa shape index (κ3) is 1.71. The number of benzene rings is 1. The molecule has 0 fully saturated rings. The maximum absolute atomic E-state index is 9.63. The molecule has 0 aliphatic rings. The van der Waals surface area contributed by atoms with Crippen LogP contribution >= 0.6 is 11.3 Å². The lowest BCUT2D eigenvalue weighted by Gasteiger charge is -2.06. The molecule has 0 radical (unpaired) electrons. The van der Waals surface area contributed by atoms with Crippen LogP contribution in [0, 0.1) is 0 Å². The molecule has 0 aliphatic carbocycles. The number of hydrogen-bond acceptors (Lipinski definition) is 4. The fourth-order valence-corrected chi connectivity index (χ4v) is 1.89. The Balaban J connectivity index is 2.47. The summed E-state index contributed by atoms with van der Waals surface area (Å²) in [4.78, 5) is 4.09. The molecule has 1 aromatic carbocycles. The van der Waals surface area contributed by atoms with Gasteiger partial charge >= 0.3 is 0 Å². The number of hydrogen-bond donors (Lipinski definition) is 2. The second kappa shape index (κ2) is 3.74. The van der Waals surface area contributed by atoms with Crippen molar-refractivity contribution in [1.29, 1.82) is 0 Å². The maximum Gasteiger partial charge on any atom is 0.165 e. The number of aromatic hydroxyl groups is 2. The second-order valence-electron chi connectivity index (χ2n) is 2.99. The van der Waals surface area contributed by atoms with Gasteiger partial charge in [-0.05, 0) is 6.07 Å². The average Bonchev–Trinajstić information content (AvgIpc) is 2.74. The lowest BCUT2D eigenvalue weighted by atomic mass is 10.1. The zero-order valence-electron chi connectivity index (χ0n) is 7.84. The molecule has 0 spiro atoms. The van der Waals surface area contributed by atoms with Crippen molar-refractivity contribution in [2.24, 2.45) is 0 Å². The van der Waals surface area contributed by atoms with Gasteiger partial charge in [0.15, 0.2) is 11.5 Å². The molecule has 0 atom stereocenters. The Hall–Kier alpha value is -1.81. The van der Waals surface area contributed by atoms with Crippen LogP contribution in [0.3, 0.4) is 0 Å². The van der Waals surface area contributed by atoms with Crippen LogP contribution in [0.25, 0.3) is 5.57 Å². The Kier molecular flexibility index (Phi) is 2.43. The molecule has 0 unspecified atom stereocenters. The number of rotatable bonds is 2. The van der Waals surface area contributed by atoms with Crippen LogP contribution in [0.2, 0.25) is 0 Å². The van der Waals surface area contributed by atoms with Gasteiger partial charge in [-0.1, -0.05) is 18.7 Å². The van der Waals surface area contributed by atoms with Crippen molar-refractivity contribution in [3.05, 3.63) is 46.9 Å². The Morgan fingerprint density at radius 2 is 2.13 bits per heavy atom. The summed E-state index contributed by atoms with van der Waals surface area (Å²) in [5.74, 6) is -0.303.